The molecule has 0 bridgehead atoms. The maximum Gasteiger partial charge on any atom is 0.123 e. The fraction of sp³-hybridized carbons (Fsp3) is 0.500. The number of methoxy groups -OCH3 is 1. The Kier molecular flexibility index (Phi) is 3.41. The van der Waals surface area contributed by atoms with Gasteiger partial charge >= 0.3 is 0 Å². The molecule has 16 heavy (non-hydrogen) atoms. The van der Waals surface area contributed by atoms with E-state index in [9.17, 15) is 4.39 Å². The third kappa shape index (κ3) is 2.33. The van der Waals surface area contributed by atoms with Gasteiger partial charge in [-0.1, -0.05) is 0 Å². The van der Waals surface area contributed by atoms with E-state index in [0.29, 0.717) is 12.6 Å². The van der Waals surface area contributed by atoms with Gasteiger partial charge in [0.1, 0.15) is 11.6 Å². The van der Waals surface area contributed by atoms with Crippen LogP contribution in [0, 0.1) is 5.82 Å². The van der Waals surface area contributed by atoms with Gasteiger partial charge < -0.3 is 10.1 Å². The van der Waals surface area contributed by atoms with Crippen molar-refractivity contribution < 1.29 is 9.13 Å². The van der Waals surface area contributed by atoms with Crippen molar-refractivity contribution >= 4 is 0 Å². The van der Waals surface area contributed by atoms with Crippen LogP contribution < -0.4 is 10.1 Å². The van der Waals surface area contributed by atoms with Crippen LogP contribution in [0.25, 0.3) is 0 Å². The van der Waals surface area contributed by atoms with E-state index in [1.165, 1.54) is 6.07 Å². The van der Waals surface area contributed by atoms with Gasteiger partial charge in [0, 0.05) is 31.2 Å². The summed E-state index contributed by atoms with van der Waals surface area (Å²) in [5, 5.41) is 3.22. The van der Waals surface area contributed by atoms with Crippen LogP contribution in [0.3, 0.4) is 0 Å². The smallest absolute Gasteiger partial charge is 0.123 e. The molecule has 0 aromatic heterocycles. The molecule has 1 fully saturated rings. The summed E-state index contributed by atoms with van der Waals surface area (Å²) in [7, 11) is 3.66. The molecule has 88 valence electrons. The Hall–Kier alpha value is -1.13. The summed E-state index contributed by atoms with van der Waals surface area (Å²) in [6.07, 6.45) is 0. The minimum absolute atomic E-state index is 0.212. The van der Waals surface area contributed by atoms with Crippen molar-refractivity contribution in [1.82, 2.24) is 10.2 Å². The summed E-state index contributed by atoms with van der Waals surface area (Å²) in [5.74, 6) is 0.538. The molecule has 2 rings (SSSR count). The van der Waals surface area contributed by atoms with E-state index < -0.39 is 0 Å². The van der Waals surface area contributed by atoms with Crippen molar-refractivity contribution in [2.24, 2.45) is 0 Å². The zero-order valence-corrected chi connectivity index (χ0v) is 9.66. The Morgan fingerprint density at radius 1 is 1.50 bits per heavy atom. The molecule has 4 heteroatoms. The number of rotatable bonds is 4. The number of likely N-dealkylation sites (N-methyl/N-ethyl adjacent to an activating group) is 1. The molecule has 1 N–H and O–H groups in total. The number of benzene rings is 1. The van der Waals surface area contributed by atoms with Gasteiger partial charge in [-0.3, -0.25) is 4.90 Å². The molecule has 1 aromatic carbocycles. The lowest BCUT2D eigenvalue weighted by atomic mass is 10.1. The molecule has 1 aliphatic rings. The van der Waals surface area contributed by atoms with Crippen LogP contribution >= 0.6 is 0 Å². The predicted molar refractivity (Wildman–Crippen MR) is 61.1 cm³/mol. The van der Waals surface area contributed by atoms with E-state index in [1.54, 1.807) is 19.2 Å². The second-order valence-electron chi connectivity index (χ2n) is 4.18. The van der Waals surface area contributed by atoms with Crippen LogP contribution in [-0.2, 0) is 6.54 Å². The lowest BCUT2D eigenvalue weighted by Crippen LogP contribution is -2.55. The number of hydrogen-bond acceptors (Lipinski definition) is 3. The van der Waals surface area contributed by atoms with Gasteiger partial charge in [-0.25, -0.2) is 4.39 Å². The Balaban J connectivity index is 2.09. The lowest BCUT2D eigenvalue weighted by Gasteiger charge is -2.35. The van der Waals surface area contributed by atoms with Crippen molar-refractivity contribution in [1.29, 1.82) is 0 Å². The minimum Gasteiger partial charge on any atom is -0.496 e. The molecule has 0 radical (unpaired) electrons. The molecular weight excluding hydrogens is 207 g/mol. The van der Waals surface area contributed by atoms with Gasteiger partial charge in [0.05, 0.1) is 7.11 Å². The number of nitrogens with zero attached hydrogens (tertiary/aromatic N) is 1. The van der Waals surface area contributed by atoms with Crippen molar-refractivity contribution in [2.45, 2.75) is 12.6 Å². The quantitative estimate of drug-likeness (QED) is 0.832. The monoisotopic (exact) mass is 224 g/mol. The first kappa shape index (κ1) is 11.4. The number of nitrogens with one attached hydrogen (secondary N) is 1. The minimum atomic E-state index is -0.212. The third-order valence-electron chi connectivity index (χ3n) is 3.05. The first-order valence-corrected chi connectivity index (χ1v) is 5.44. The summed E-state index contributed by atoms with van der Waals surface area (Å²) >= 11 is 0. The van der Waals surface area contributed by atoms with E-state index in [0.717, 1.165) is 24.4 Å². The zero-order chi connectivity index (χ0) is 11.5. The van der Waals surface area contributed by atoms with E-state index in [-0.39, 0.29) is 5.82 Å². The molecule has 0 saturated carbocycles. The molecule has 1 saturated heterocycles. The fourth-order valence-corrected chi connectivity index (χ4v) is 1.85. The highest BCUT2D eigenvalue weighted by molar-refractivity contribution is 5.33. The average molecular weight is 224 g/mol. The summed E-state index contributed by atoms with van der Waals surface area (Å²) in [5.41, 5.74) is 0.900. The predicted octanol–water partition coefficient (Wildman–Crippen LogP) is 1.24. The molecule has 0 aliphatic carbocycles. The molecule has 1 aliphatic heterocycles. The van der Waals surface area contributed by atoms with Gasteiger partial charge in [0.25, 0.3) is 0 Å². The van der Waals surface area contributed by atoms with Crippen molar-refractivity contribution in [3.8, 4) is 5.75 Å². The maximum atomic E-state index is 13.1. The Morgan fingerprint density at radius 3 is 2.81 bits per heavy atom. The molecule has 0 unspecified atom stereocenters. The van der Waals surface area contributed by atoms with Crippen molar-refractivity contribution in [3.05, 3.63) is 29.6 Å². The van der Waals surface area contributed by atoms with Crippen LogP contribution in [0.1, 0.15) is 5.56 Å². The van der Waals surface area contributed by atoms with E-state index in [1.807, 2.05) is 0 Å². The zero-order valence-electron chi connectivity index (χ0n) is 9.66. The van der Waals surface area contributed by atoms with E-state index in [4.69, 9.17) is 4.74 Å². The largest absolute Gasteiger partial charge is 0.496 e. The standard InChI is InChI=1S/C12H17FN2O/c1-15(11-6-14-7-11)8-9-5-10(13)3-4-12(9)16-2/h3-5,11,14H,6-8H2,1-2H3. The van der Waals surface area contributed by atoms with Crippen LogP contribution in [0.15, 0.2) is 18.2 Å². The molecule has 0 spiro atoms. The van der Waals surface area contributed by atoms with E-state index in [2.05, 4.69) is 17.3 Å². The first-order chi connectivity index (χ1) is 7.70. The van der Waals surface area contributed by atoms with Gasteiger partial charge in [-0.05, 0) is 25.2 Å². The fourth-order valence-electron chi connectivity index (χ4n) is 1.85. The number of hydrogen-bond donors (Lipinski definition) is 1. The van der Waals surface area contributed by atoms with Crippen molar-refractivity contribution in [2.75, 3.05) is 27.2 Å². The van der Waals surface area contributed by atoms with E-state index >= 15 is 0 Å². The van der Waals surface area contributed by atoms with Crippen LogP contribution in [0.5, 0.6) is 5.75 Å². The molecule has 1 heterocycles. The summed E-state index contributed by atoms with van der Waals surface area (Å²) in [4.78, 5) is 2.22. The highest BCUT2D eigenvalue weighted by Gasteiger charge is 2.22. The summed E-state index contributed by atoms with van der Waals surface area (Å²) in [6, 6.07) is 5.19. The summed E-state index contributed by atoms with van der Waals surface area (Å²) < 4.78 is 18.4. The Morgan fingerprint density at radius 2 is 2.25 bits per heavy atom. The molecular formula is C12H17FN2O. The Labute approximate surface area is 95.2 Å². The lowest BCUT2D eigenvalue weighted by molar-refractivity contribution is 0.171. The van der Waals surface area contributed by atoms with Gasteiger partial charge in [0.15, 0.2) is 0 Å². The van der Waals surface area contributed by atoms with Crippen molar-refractivity contribution in [3.63, 3.8) is 0 Å². The number of ether oxygens (including phenoxy) is 1. The normalized spacial score (nSPS) is 16.2. The molecule has 0 atom stereocenters. The van der Waals surface area contributed by atoms with Gasteiger partial charge in [-0.15, -0.1) is 0 Å². The Bertz CT molecular complexity index is 366. The summed E-state index contributed by atoms with van der Waals surface area (Å²) in [6.45, 7) is 2.73. The van der Waals surface area contributed by atoms with Crippen LogP contribution in [0.4, 0.5) is 4.39 Å². The van der Waals surface area contributed by atoms with Crippen LogP contribution in [0.2, 0.25) is 0 Å². The SMILES string of the molecule is COc1ccc(F)cc1CN(C)C1CNC1. The second-order valence-corrected chi connectivity index (χ2v) is 4.18. The third-order valence-corrected chi connectivity index (χ3v) is 3.05. The first-order valence-electron chi connectivity index (χ1n) is 5.44. The highest BCUT2D eigenvalue weighted by atomic mass is 19.1. The molecule has 1 aromatic rings. The van der Waals surface area contributed by atoms with Gasteiger partial charge in [0.2, 0.25) is 0 Å². The highest BCUT2D eigenvalue weighted by Crippen LogP contribution is 2.21. The molecule has 3 nitrogen and oxygen atoms in total. The maximum absolute atomic E-state index is 13.1. The topological polar surface area (TPSA) is 24.5 Å². The molecule has 0 amide bonds. The number of halogens is 1. The average Bonchev–Trinajstić information content (AvgIpc) is 2.15. The van der Waals surface area contributed by atoms with Crippen LogP contribution in [-0.4, -0.2) is 38.2 Å². The van der Waals surface area contributed by atoms with Gasteiger partial charge in [-0.2, -0.15) is 0 Å². The second kappa shape index (κ2) is 4.80.